The van der Waals surface area contributed by atoms with Crippen molar-refractivity contribution in [3.8, 4) is 11.4 Å². The van der Waals surface area contributed by atoms with Crippen LogP contribution in [0.15, 0.2) is 73.3 Å². The van der Waals surface area contributed by atoms with Crippen molar-refractivity contribution in [3.63, 3.8) is 0 Å². The van der Waals surface area contributed by atoms with E-state index < -0.39 is 0 Å². The van der Waals surface area contributed by atoms with Crippen LogP contribution in [0.2, 0.25) is 0 Å². The zero-order chi connectivity index (χ0) is 16.4. The highest BCUT2D eigenvalue weighted by molar-refractivity contribution is 5.95. The van der Waals surface area contributed by atoms with Crippen LogP contribution in [0.5, 0.6) is 5.75 Å². The molecule has 1 amide bonds. The molecule has 1 aliphatic rings. The fourth-order valence-electron chi connectivity index (χ4n) is 2.75. The Morgan fingerprint density at radius 3 is 2.46 bits per heavy atom. The van der Waals surface area contributed by atoms with E-state index >= 15 is 0 Å². The topological polar surface area (TPSA) is 47.4 Å². The number of aromatic nitrogens is 2. The monoisotopic (exact) mass is 319 g/mol. The Hall–Kier alpha value is -3.08. The molecule has 0 N–H and O–H groups in total. The highest BCUT2D eigenvalue weighted by Crippen LogP contribution is 2.20. The standard InChI is InChI=1S/C19H17N3O2/c23-19(15-5-7-16(8-6-15)21-10-1-2-11-21)22-13-18(14-22)24-17-4-3-9-20-12-17/h1-12,18H,13-14H2. The van der Waals surface area contributed by atoms with Crippen molar-refractivity contribution in [1.82, 2.24) is 14.5 Å². The molecule has 0 bridgehead atoms. The van der Waals surface area contributed by atoms with Crippen molar-refractivity contribution in [3.05, 3.63) is 78.9 Å². The molecule has 4 rings (SSSR count). The molecular formula is C19H17N3O2. The summed E-state index contributed by atoms with van der Waals surface area (Å²) in [6, 6.07) is 15.3. The van der Waals surface area contributed by atoms with Crippen LogP contribution in [0, 0.1) is 0 Å². The van der Waals surface area contributed by atoms with Crippen LogP contribution in [-0.2, 0) is 0 Å². The third kappa shape index (κ3) is 2.88. The summed E-state index contributed by atoms with van der Waals surface area (Å²) in [6.45, 7) is 1.21. The summed E-state index contributed by atoms with van der Waals surface area (Å²) in [6.07, 6.45) is 7.39. The lowest BCUT2D eigenvalue weighted by Crippen LogP contribution is -2.56. The Balaban J connectivity index is 1.35. The Labute approximate surface area is 140 Å². The molecule has 1 fully saturated rings. The SMILES string of the molecule is O=C(c1ccc(-n2cccc2)cc1)N1CC(Oc2cccnc2)C1. The molecule has 0 unspecified atom stereocenters. The third-order valence-electron chi connectivity index (χ3n) is 4.09. The Morgan fingerprint density at radius 2 is 1.79 bits per heavy atom. The molecule has 3 aromatic rings. The average molecular weight is 319 g/mol. The second-order valence-electron chi connectivity index (χ2n) is 5.78. The summed E-state index contributed by atoms with van der Waals surface area (Å²) in [5.74, 6) is 0.783. The van der Waals surface area contributed by atoms with Gasteiger partial charge in [0.1, 0.15) is 11.9 Å². The summed E-state index contributed by atoms with van der Waals surface area (Å²) in [5, 5.41) is 0. The van der Waals surface area contributed by atoms with Crippen LogP contribution in [0.4, 0.5) is 0 Å². The Bertz CT molecular complexity index is 808. The van der Waals surface area contributed by atoms with Gasteiger partial charge in [-0.25, -0.2) is 0 Å². The van der Waals surface area contributed by atoms with E-state index in [1.54, 1.807) is 17.3 Å². The van der Waals surface area contributed by atoms with Crippen molar-refractivity contribution in [2.45, 2.75) is 6.10 Å². The smallest absolute Gasteiger partial charge is 0.254 e. The predicted octanol–water partition coefficient (Wildman–Crippen LogP) is 2.78. The first-order valence-electron chi connectivity index (χ1n) is 7.89. The number of likely N-dealkylation sites (tertiary alicyclic amines) is 1. The highest BCUT2D eigenvalue weighted by atomic mass is 16.5. The van der Waals surface area contributed by atoms with Crippen LogP contribution in [0.1, 0.15) is 10.4 Å². The molecule has 1 saturated heterocycles. The van der Waals surface area contributed by atoms with E-state index in [2.05, 4.69) is 4.98 Å². The lowest BCUT2D eigenvalue weighted by Gasteiger charge is -2.38. The van der Waals surface area contributed by atoms with Crippen molar-refractivity contribution in [1.29, 1.82) is 0 Å². The van der Waals surface area contributed by atoms with Gasteiger partial charge in [-0.3, -0.25) is 9.78 Å². The number of pyridine rings is 1. The maximum atomic E-state index is 12.5. The van der Waals surface area contributed by atoms with Gasteiger partial charge in [0, 0.05) is 29.8 Å². The van der Waals surface area contributed by atoms with Crippen LogP contribution in [-0.4, -0.2) is 39.6 Å². The van der Waals surface area contributed by atoms with Gasteiger partial charge in [0.2, 0.25) is 0 Å². The fraction of sp³-hybridized carbons (Fsp3) is 0.158. The Morgan fingerprint density at radius 1 is 1.04 bits per heavy atom. The van der Waals surface area contributed by atoms with E-state index in [-0.39, 0.29) is 12.0 Å². The van der Waals surface area contributed by atoms with Crippen molar-refractivity contribution >= 4 is 5.91 Å². The van der Waals surface area contributed by atoms with E-state index in [9.17, 15) is 4.79 Å². The number of amides is 1. The molecule has 120 valence electrons. The van der Waals surface area contributed by atoms with E-state index in [4.69, 9.17) is 4.74 Å². The molecule has 0 spiro atoms. The van der Waals surface area contributed by atoms with Gasteiger partial charge in [0.25, 0.3) is 5.91 Å². The normalized spacial score (nSPS) is 14.2. The van der Waals surface area contributed by atoms with Crippen LogP contribution in [0.25, 0.3) is 5.69 Å². The molecular weight excluding hydrogens is 302 g/mol. The van der Waals surface area contributed by atoms with E-state index in [0.29, 0.717) is 18.7 Å². The first-order chi connectivity index (χ1) is 11.8. The Kier molecular flexibility index (Phi) is 3.75. The van der Waals surface area contributed by atoms with Crippen LogP contribution >= 0.6 is 0 Å². The minimum atomic E-state index is 0.0392. The van der Waals surface area contributed by atoms with E-state index in [0.717, 1.165) is 11.4 Å². The van der Waals surface area contributed by atoms with Gasteiger partial charge in [-0.15, -0.1) is 0 Å². The minimum absolute atomic E-state index is 0.0392. The molecule has 0 atom stereocenters. The molecule has 0 saturated carbocycles. The lowest BCUT2D eigenvalue weighted by atomic mass is 10.1. The fourth-order valence-corrected chi connectivity index (χ4v) is 2.75. The van der Waals surface area contributed by atoms with Gasteiger partial charge < -0.3 is 14.2 Å². The molecule has 3 heterocycles. The van der Waals surface area contributed by atoms with Gasteiger partial charge in [-0.2, -0.15) is 0 Å². The number of hydrogen-bond donors (Lipinski definition) is 0. The minimum Gasteiger partial charge on any atom is -0.485 e. The number of ether oxygens (including phenoxy) is 1. The quantitative estimate of drug-likeness (QED) is 0.743. The van der Waals surface area contributed by atoms with Gasteiger partial charge in [0.05, 0.1) is 19.3 Å². The van der Waals surface area contributed by atoms with E-state index in [1.807, 2.05) is 65.5 Å². The maximum Gasteiger partial charge on any atom is 0.254 e. The van der Waals surface area contributed by atoms with Crippen molar-refractivity contribution in [2.24, 2.45) is 0 Å². The molecule has 5 heteroatoms. The molecule has 0 aliphatic carbocycles. The first-order valence-corrected chi connectivity index (χ1v) is 7.89. The summed E-state index contributed by atoms with van der Waals surface area (Å²) in [5.41, 5.74) is 1.74. The number of carbonyl (C=O) groups is 1. The second-order valence-corrected chi connectivity index (χ2v) is 5.78. The maximum absolute atomic E-state index is 12.5. The summed E-state index contributed by atoms with van der Waals surface area (Å²) < 4.78 is 7.78. The molecule has 1 aliphatic heterocycles. The van der Waals surface area contributed by atoms with Crippen LogP contribution in [0.3, 0.4) is 0 Å². The summed E-state index contributed by atoms with van der Waals surface area (Å²) in [4.78, 5) is 18.3. The van der Waals surface area contributed by atoms with Gasteiger partial charge >= 0.3 is 0 Å². The second kappa shape index (κ2) is 6.20. The number of carbonyl (C=O) groups excluding carboxylic acids is 1. The van der Waals surface area contributed by atoms with Gasteiger partial charge in [-0.05, 0) is 48.5 Å². The molecule has 5 nitrogen and oxygen atoms in total. The number of nitrogens with zero attached hydrogens (tertiary/aromatic N) is 3. The van der Waals surface area contributed by atoms with Gasteiger partial charge in [-0.1, -0.05) is 0 Å². The lowest BCUT2D eigenvalue weighted by molar-refractivity contribution is 0.0176. The van der Waals surface area contributed by atoms with E-state index in [1.165, 1.54) is 0 Å². The molecule has 0 radical (unpaired) electrons. The first kappa shape index (κ1) is 14.5. The number of benzene rings is 1. The highest BCUT2D eigenvalue weighted by Gasteiger charge is 2.32. The van der Waals surface area contributed by atoms with Crippen molar-refractivity contribution in [2.75, 3.05) is 13.1 Å². The van der Waals surface area contributed by atoms with Gasteiger partial charge in [0.15, 0.2) is 0 Å². The summed E-state index contributed by atoms with van der Waals surface area (Å²) >= 11 is 0. The number of rotatable bonds is 4. The predicted molar refractivity (Wildman–Crippen MR) is 90.3 cm³/mol. The van der Waals surface area contributed by atoms with Crippen LogP contribution < -0.4 is 4.74 Å². The number of hydrogen-bond acceptors (Lipinski definition) is 3. The zero-order valence-electron chi connectivity index (χ0n) is 13.1. The zero-order valence-corrected chi connectivity index (χ0v) is 13.1. The third-order valence-corrected chi connectivity index (χ3v) is 4.09. The largest absolute Gasteiger partial charge is 0.485 e. The molecule has 24 heavy (non-hydrogen) atoms. The molecule has 2 aromatic heterocycles. The average Bonchev–Trinajstić information content (AvgIpc) is 3.13. The summed E-state index contributed by atoms with van der Waals surface area (Å²) in [7, 11) is 0. The van der Waals surface area contributed by atoms with Crippen molar-refractivity contribution < 1.29 is 9.53 Å². The molecule has 1 aromatic carbocycles.